The summed E-state index contributed by atoms with van der Waals surface area (Å²) in [5.41, 5.74) is 4.73. The van der Waals surface area contributed by atoms with Crippen molar-refractivity contribution in [3.63, 3.8) is 0 Å². The Balaban J connectivity index is 1.56. The number of para-hydroxylation sites is 2. The molecule has 0 heterocycles. The van der Waals surface area contributed by atoms with Crippen molar-refractivity contribution < 1.29 is 28.6 Å². The zero-order chi connectivity index (χ0) is 30.3. The van der Waals surface area contributed by atoms with Crippen LogP contribution in [0.3, 0.4) is 0 Å². The van der Waals surface area contributed by atoms with Crippen molar-refractivity contribution in [1.29, 1.82) is 0 Å². The minimum absolute atomic E-state index is 0.151. The summed E-state index contributed by atoms with van der Waals surface area (Å²) in [6.07, 6.45) is 1.89. The Morgan fingerprint density at radius 2 is 1.52 bits per heavy atom. The van der Waals surface area contributed by atoms with Crippen LogP contribution in [-0.4, -0.2) is 49.8 Å². The van der Waals surface area contributed by atoms with Crippen molar-refractivity contribution in [2.75, 3.05) is 25.1 Å². The van der Waals surface area contributed by atoms with Crippen LogP contribution >= 0.6 is 0 Å². The Labute approximate surface area is 246 Å². The van der Waals surface area contributed by atoms with Crippen molar-refractivity contribution in [3.8, 4) is 17.2 Å². The number of ether oxygens (including phenoxy) is 3. The summed E-state index contributed by atoms with van der Waals surface area (Å²) in [5.74, 6) is 0.435. The van der Waals surface area contributed by atoms with Gasteiger partial charge in [-0.15, -0.1) is 0 Å². The van der Waals surface area contributed by atoms with Gasteiger partial charge in [-0.3, -0.25) is 14.4 Å². The molecule has 0 spiro atoms. The highest BCUT2D eigenvalue weighted by molar-refractivity contribution is 5.92. The van der Waals surface area contributed by atoms with Crippen molar-refractivity contribution in [3.05, 3.63) is 83.9 Å². The van der Waals surface area contributed by atoms with Crippen molar-refractivity contribution >= 4 is 29.6 Å². The quantitative estimate of drug-likeness (QED) is 0.182. The van der Waals surface area contributed by atoms with Crippen LogP contribution in [0.25, 0.3) is 0 Å². The van der Waals surface area contributed by atoms with Crippen molar-refractivity contribution in [2.24, 2.45) is 11.0 Å². The molecular weight excluding hydrogens is 536 g/mol. The minimum Gasteiger partial charge on any atom is -0.490 e. The van der Waals surface area contributed by atoms with Crippen LogP contribution in [0, 0.1) is 12.8 Å². The largest absolute Gasteiger partial charge is 0.490 e. The van der Waals surface area contributed by atoms with Crippen LogP contribution in [0.15, 0.2) is 77.9 Å². The molecule has 0 saturated heterocycles. The SMILES string of the molecule is CCOc1cc(/C=N\NC(=O)[C@@H](CC(C)C)NC(=O)COc2ccccc2C)ccc1OCC(=O)Nc1ccccc1. The van der Waals surface area contributed by atoms with Crippen molar-refractivity contribution in [2.45, 2.75) is 40.2 Å². The molecule has 0 bridgehead atoms. The highest BCUT2D eigenvalue weighted by atomic mass is 16.5. The van der Waals surface area contributed by atoms with Crippen molar-refractivity contribution in [1.82, 2.24) is 10.7 Å². The number of anilines is 1. The molecule has 0 fully saturated rings. The maximum Gasteiger partial charge on any atom is 0.262 e. The Bertz CT molecular complexity index is 1360. The molecule has 0 aliphatic heterocycles. The van der Waals surface area contributed by atoms with Crippen LogP contribution < -0.4 is 30.3 Å². The first-order valence-corrected chi connectivity index (χ1v) is 13.8. The lowest BCUT2D eigenvalue weighted by Crippen LogP contribution is -2.47. The number of benzene rings is 3. The smallest absolute Gasteiger partial charge is 0.262 e. The van der Waals surface area contributed by atoms with Gasteiger partial charge in [0.1, 0.15) is 11.8 Å². The highest BCUT2D eigenvalue weighted by Crippen LogP contribution is 2.28. The van der Waals surface area contributed by atoms with Gasteiger partial charge in [0.05, 0.1) is 12.8 Å². The molecule has 0 aromatic heterocycles. The van der Waals surface area contributed by atoms with Gasteiger partial charge in [0, 0.05) is 5.69 Å². The molecule has 3 amide bonds. The normalized spacial score (nSPS) is 11.5. The Kier molecular flexibility index (Phi) is 12.4. The maximum atomic E-state index is 12.9. The lowest BCUT2D eigenvalue weighted by molar-refractivity contribution is -0.130. The van der Waals surface area contributed by atoms with Crippen LogP contribution in [0.4, 0.5) is 5.69 Å². The summed E-state index contributed by atoms with van der Waals surface area (Å²) < 4.78 is 17.0. The Morgan fingerprint density at radius 1 is 0.833 bits per heavy atom. The van der Waals surface area contributed by atoms with E-state index in [9.17, 15) is 14.4 Å². The second-order valence-corrected chi connectivity index (χ2v) is 9.88. The molecular formula is C32H38N4O6. The molecule has 10 heteroatoms. The van der Waals surface area contributed by atoms with Gasteiger partial charge in [0.15, 0.2) is 24.7 Å². The van der Waals surface area contributed by atoms with E-state index in [0.717, 1.165) is 5.56 Å². The third kappa shape index (κ3) is 10.6. The van der Waals surface area contributed by atoms with Crippen LogP contribution in [-0.2, 0) is 14.4 Å². The molecule has 3 rings (SSSR count). The topological polar surface area (TPSA) is 127 Å². The number of nitrogens with one attached hydrogen (secondary N) is 3. The van der Waals surface area contributed by atoms with E-state index in [0.29, 0.717) is 41.5 Å². The van der Waals surface area contributed by atoms with Gasteiger partial charge in [0.25, 0.3) is 17.7 Å². The molecule has 10 nitrogen and oxygen atoms in total. The van der Waals surface area contributed by atoms with Gasteiger partial charge < -0.3 is 24.8 Å². The first kappa shape index (κ1) is 31.7. The van der Waals surface area contributed by atoms with E-state index < -0.39 is 17.9 Å². The number of hydrazone groups is 1. The number of carbonyl (C=O) groups is 3. The monoisotopic (exact) mass is 574 g/mol. The van der Waals surface area contributed by atoms with Gasteiger partial charge in [-0.2, -0.15) is 5.10 Å². The molecule has 0 aliphatic carbocycles. The molecule has 222 valence electrons. The first-order chi connectivity index (χ1) is 20.2. The molecule has 1 atom stereocenters. The fourth-order valence-corrected chi connectivity index (χ4v) is 3.90. The molecule has 0 radical (unpaired) electrons. The number of rotatable bonds is 15. The number of hydrogen-bond acceptors (Lipinski definition) is 7. The summed E-state index contributed by atoms with van der Waals surface area (Å²) >= 11 is 0. The number of carbonyl (C=O) groups excluding carboxylic acids is 3. The second-order valence-electron chi connectivity index (χ2n) is 9.88. The molecule has 42 heavy (non-hydrogen) atoms. The van der Waals surface area contributed by atoms with Crippen LogP contribution in [0.2, 0.25) is 0 Å². The van der Waals surface area contributed by atoms with E-state index in [-0.39, 0.29) is 25.0 Å². The number of hydrogen-bond donors (Lipinski definition) is 3. The van der Waals surface area contributed by atoms with Crippen LogP contribution in [0.5, 0.6) is 17.2 Å². The molecule has 0 aliphatic rings. The van der Waals surface area contributed by atoms with E-state index in [2.05, 4.69) is 21.2 Å². The summed E-state index contributed by atoms with van der Waals surface area (Å²) in [4.78, 5) is 37.7. The number of nitrogens with zero attached hydrogens (tertiary/aromatic N) is 1. The van der Waals surface area contributed by atoms with Gasteiger partial charge in [-0.25, -0.2) is 5.43 Å². The Morgan fingerprint density at radius 3 is 2.24 bits per heavy atom. The predicted molar refractivity (Wildman–Crippen MR) is 162 cm³/mol. The van der Waals surface area contributed by atoms with Crippen LogP contribution in [0.1, 0.15) is 38.3 Å². The van der Waals surface area contributed by atoms with Gasteiger partial charge in [-0.1, -0.05) is 50.2 Å². The second kappa shape index (κ2) is 16.4. The molecule has 3 aromatic rings. The maximum absolute atomic E-state index is 12.9. The van der Waals surface area contributed by atoms with Gasteiger partial charge in [-0.05, 0) is 73.7 Å². The van der Waals surface area contributed by atoms with E-state index >= 15 is 0 Å². The Hall–Kier alpha value is -4.86. The molecule has 3 N–H and O–H groups in total. The third-order valence-corrected chi connectivity index (χ3v) is 5.88. The highest BCUT2D eigenvalue weighted by Gasteiger charge is 2.22. The van der Waals surface area contributed by atoms with E-state index in [4.69, 9.17) is 14.2 Å². The fourth-order valence-electron chi connectivity index (χ4n) is 3.90. The van der Waals surface area contributed by atoms with E-state index in [1.165, 1.54) is 6.21 Å². The van der Waals surface area contributed by atoms with Gasteiger partial charge >= 0.3 is 0 Å². The first-order valence-electron chi connectivity index (χ1n) is 13.8. The number of aryl methyl sites for hydroxylation is 1. The molecule has 0 saturated carbocycles. The van der Waals surface area contributed by atoms with Gasteiger partial charge in [0.2, 0.25) is 0 Å². The number of amides is 3. The predicted octanol–water partition coefficient (Wildman–Crippen LogP) is 4.47. The minimum atomic E-state index is -0.785. The molecule has 3 aromatic carbocycles. The van der Waals surface area contributed by atoms with E-state index in [1.807, 2.05) is 64.1 Å². The fraction of sp³-hybridized carbons (Fsp3) is 0.312. The summed E-state index contributed by atoms with van der Waals surface area (Å²) in [6.45, 7) is 7.63. The average Bonchev–Trinajstić information content (AvgIpc) is 2.96. The third-order valence-electron chi connectivity index (χ3n) is 5.88. The molecule has 0 unspecified atom stereocenters. The lowest BCUT2D eigenvalue weighted by Gasteiger charge is -2.19. The lowest BCUT2D eigenvalue weighted by atomic mass is 10.0. The van der Waals surface area contributed by atoms with E-state index in [1.54, 1.807) is 36.4 Å². The zero-order valence-corrected chi connectivity index (χ0v) is 24.4. The average molecular weight is 575 g/mol. The zero-order valence-electron chi connectivity index (χ0n) is 24.4. The summed E-state index contributed by atoms with van der Waals surface area (Å²) in [5, 5.41) is 9.57. The summed E-state index contributed by atoms with van der Waals surface area (Å²) in [6, 6.07) is 20.8. The summed E-state index contributed by atoms with van der Waals surface area (Å²) in [7, 11) is 0. The standard InChI is InChI=1S/C32H38N4O6/c1-5-40-29-18-24(15-16-28(29)42-20-30(37)34-25-12-7-6-8-13-25)19-33-36-32(39)26(17-22(2)3)35-31(38)21-41-27-14-10-9-11-23(27)4/h6-16,18-19,22,26H,5,17,20-21H2,1-4H3,(H,34,37)(H,35,38)(H,36,39)/b33-19-/t26-/m1/s1.